The lowest BCUT2D eigenvalue weighted by molar-refractivity contribution is -0.138. The molecule has 0 aliphatic carbocycles. The van der Waals surface area contributed by atoms with Crippen molar-refractivity contribution >= 4 is 11.8 Å². The van der Waals surface area contributed by atoms with Crippen molar-refractivity contribution in [2.24, 2.45) is 0 Å². The molecule has 2 fully saturated rings. The summed E-state index contributed by atoms with van der Waals surface area (Å²) >= 11 is 0. The van der Waals surface area contributed by atoms with Gasteiger partial charge in [0.1, 0.15) is 0 Å². The third-order valence-electron chi connectivity index (χ3n) is 6.74. The summed E-state index contributed by atoms with van der Waals surface area (Å²) in [4.78, 5) is 32.2. The van der Waals surface area contributed by atoms with Gasteiger partial charge in [-0.25, -0.2) is 0 Å². The number of piperazine rings is 1. The molecule has 2 saturated heterocycles. The second-order valence-electron chi connectivity index (χ2n) is 8.91. The Hall–Kier alpha value is -2.70. The van der Waals surface area contributed by atoms with Crippen molar-refractivity contribution in [3.63, 3.8) is 0 Å². The van der Waals surface area contributed by atoms with Gasteiger partial charge in [-0.15, -0.1) is 0 Å². The van der Waals surface area contributed by atoms with E-state index in [-0.39, 0.29) is 23.9 Å². The SMILES string of the molecule is CC(C(=O)N1CCN(Cc2ccccc2)CC1)N1CCC(NC(=O)c2ccccc2)CC1. The number of hydrogen-bond donors (Lipinski definition) is 1. The van der Waals surface area contributed by atoms with E-state index in [1.54, 1.807) is 0 Å². The zero-order valence-electron chi connectivity index (χ0n) is 19.0. The predicted molar refractivity (Wildman–Crippen MR) is 126 cm³/mol. The molecule has 0 spiro atoms. The molecule has 1 atom stereocenters. The van der Waals surface area contributed by atoms with E-state index in [9.17, 15) is 9.59 Å². The first kappa shape index (κ1) is 22.5. The standard InChI is InChI=1S/C26H34N4O2/c1-21(26(32)30-18-16-28(17-19-30)20-22-8-4-2-5-9-22)29-14-12-24(13-15-29)27-25(31)23-10-6-3-7-11-23/h2-11,21,24H,12-20H2,1H3,(H,27,31). The van der Waals surface area contributed by atoms with Crippen LogP contribution in [0.3, 0.4) is 0 Å². The quantitative estimate of drug-likeness (QED) is 0.760. The highest BCUT2D eigenvalue weighted by Crippen LogP contribution is 2.17. The van der Waals surface area contributed by atoms with Gasteiger partial charge >= 0.3 is 0 Å². The molecule has 1 N–H and O–H groups in total. The monoisotopic (exact) mass is 434 g/mol. The second-order valence-corrected chi connectivity index (χ2v) is 8.91. The number of carbonyl (C=O) groups is 2. The molecule has 6 nitrogen and oxygen atoms in total. The van der Waals surface area contributed by atoms with Crippen LogP contribution in [0.2, 0.25) is 0 Å². The average Bonchev–Trinajstić information content (AvgIpc) is 2.85. The Labute approximate surface area is 191 Å². The minimum atomic E-state index is -0.110. The summed E-state index contributed by atoms with van der Waals surface area (Å²) in [5, 5.41) is 3.15. The van der Waals surface area contributed by atoms with Gasteiger partial charge in [0.15, 0.2) is 0 Å². The fourth-order valence-corrected chi connectivity index (χ4v) is 4.68. The highest BCUT2D eigenvalue weighted by atomic mass is 16.2. The summed E-state index contributed by atoms with van der Waals surface area (Å²) < 4.78 is 0. The van der Waals surface area contributed by atoms with E-state index in [0.717, 1.165) is 58.7 Å². The Balaban J connectivity index is 1.20. The van der Waals surface area contributed by atoms with Crippen molar-refractivity contribution in [2.45, 2.75) is 38.4 Å². The third-order valence-corrected chi connectivity index (χ3v) is 6.74. The molecule has 32 heavy (non-hydrogen) atoms. The minimum absolute atomic E-state index is 0.0125. The van der Waals surface area contributed by atoms with E-state index in [0.29, 0.717) is 5.56 Å². The lowest BCUT2D eigenvalue weighted by Gasteiger charge is -2.40. The first-order valence-electron chi connectivity index (χ1n) is 11.7. The normalized spacial score (nSPS) is 19.5. The first-order chi connectivity index (χ1) is 15.6. The molecule has 0 saturated carbocycles. The largest absolute Gasteiger partial charge is 0.349 e. The molecule has 2 aliphatic heterocycles. The number of piperidine rings is 1. The fraction of sp³-hybridized carbons (Fsp3) is 0.462. The number of rotatable bonds is 6. The molecule has 0 bridgehead atoms. The molecular weight excluding hydrogens is 400 g/mol. The first-order valence-corrected chi connectivity index (χ1v) is 11.7. The van der Waals surface area contributed by atoms with Crippen LogP contribution in [0.15, 0.2) is 60.7 Å². The highest BCUT2D eigenvalue weighted by Gasteiger charge is 2.31. The average molecular weight is 435 g/mol. The van der Waals surface area contributed by atoms with Crippen molar-refractivity contribution in [1.29, 1.82) is 0 Å². The molecule has 0 aromatic heterocycles. The minimum Gasteiger partial charge on any atom is -0.349 e. The Morgan fingerprint density at radius 3 is 2.09 bits per heavy atom. The van der Waals surface area contributed by atoms with Crippen LogP contribution in [0.25, 0.3) is 0 Å². The van der Waals surface area contributed by atoms with Crippen LogP contribution in [-0.2, 0) is 11.3 Å². The lowest BCUT2D eigenvalue weighted by atomic mass is 10.0. The summed E-state index contributed by atoms with van der Waals surface area (Å²) in [5.74, 6) is 0.220. The van der Waals surface area contributed by atoms with E-state index in [1.165, 1.54) is 5.56 Å². The number of likely N-dealkylation sites (tertiary alicyclic amines) is 1. The fourth-order valence-electron chi connectivity index (χ4n) is 4.68. The van der Waals surface area contributed by atoms with Gasteiger partial charge in [0.2, 0.25) is 5.91 Å². The van der Waals surface area contributed by atoms with Gasteiger partial charge in [-0.3, -0.25) is 19.4 Å². The van der Waals surface area contributed by atoms with E-state index >= 15 is 0 Å². The van der Waals surface area contributed by atoms with Crippen molar-refractivity contribution in [3.8, 4) is 0 Å². The Morgan fingerprint density at radius 1 is 0.875 bits per heavy atom. The van der Waals surface area contributed by atoms with Crippen molar-refractivity contribution in [2.75, 3.05) is 39.3 Å². The van der Waals surface area contributed by atoms with Crippen molar-refractivity contribution < 1.29 is 9.59 Å². The molecule has 2 amide bonds. The zero-order chi connectivity index (χ0) is 22.3. The van der Waals surface area contributed by atoms with Gasteiger partial charge in [-0.2, -0.15) is 0 Å². The molecule has 0 radical (unpaired) electrons. The van der Waals surface area contributed by atoms with Gasteiger partial charge in [0, 0.05) is 57.4 Å². The maximum atomic E-state index is 13.1. The lowest BCUT2D eigenvalue weighted by Crippen LogP contribution is -2.56. The molecule has 4 rings (SSSR count). The van der Waals surface area contributed by atoms with Crippen LogP contribution in [0.4, 0.5) is 0 Å². The highest BCUT2D eigenvalue weighted by molar-refractivity contribution is 5.94. The molecule has 1 unspecified atom stereocenters. The number of nitrogens with zero attached hydrogens (tertiary/aromatic N) is 3. The zero-order valence-corrected chi connectivity index (χ0v) is 19.0. The number of amides is 2. The van der Waals surface area contributed by atoms with Crippen LogP contribution in [-0.4, -0.2) is 77.9 Å². The summed E-state index contributed by atoms with van der Waals surface area (Å²) in [5.41, 5.74) is 2.02. The van der Waals surface area contributed by atoms with Gasteiger partial charge in [0.25, 0.3) is 5.91 Å². The van der Waals surface area contributed by atoms with E-state index < -0.39 is 0 Å². The van der Waals surface area contributed by atoms with E-state index in [1.807, 2.05) is 48.2 Å². The smallest absolute Gasteiger partial charge is 0.251 e. The van der Waals surface area contributed by atoms with Gasteiger partial charge in [-0.1, -0.05) is 48.5 Å². The maximum Gasteiger partial charge on any atom is 0.251 e. The molecule has 2 aromatic rings. The number of hydrogen-bond acceptors (Lipinski definition) is 4. The third kappa shape index (κ3) is 5.75. The summed E-state index contributed by atoms with van der Waals surface area (Å²) in [6, 6.07) is 19.9. The molecule has 170 valence electrons. The summed E-state index contributed by atoms with van der Waals surface area (Å²) in [6.07, 6.45) is 1.75. The number of nitrogens with one attached hydrogen (secondary N) is 1. The Kier molecular flexibility index (Phi) is 7.55. The van der Waals surface area contributed by atoms with Gasteiger partial charge in [0.05, 0.1) is 6.04 Å². The van der Waals surface area contributed by atoms with Crippen molar-refractivity contribution in [1.82, 2.24) is 20.0 Å². The number of benzene rings is 2. The number of carbonyl (C=O) groups excluding carboxylic acids is 2. The van der Waals surface area contributed by atoms with E-state index in [2.05, 4.69) is 39.4 Å². The molecule has 2 heterocycles. The molecular formula is C26H34N4O2. The van der Waals surface area contributed by atoms with Gasteiger partial charge < -0.3 is 10.2 Å². The topological polar surface area (TPSA) is 55.9 Å². The summed E-state index contributed by atoms with van der Waals surface area (Å²) in [7, 11) is 0. The van der Waals surface area contributed by atoms with Crippen LogP contribution in [0, 0.1) is 0 Å². The maximum absolute atomic E-state index is 13.1. The second kappa shape index (κ2) is 10.7. The van der Waals surface area contributed by atoms with Crippen LogP contribution in [0.5, 0.6) is 0 Å². The molecule has 2 aromatic carbocycles. The predicted octanol–water partition coefficient (Wildman–Crippen LogP) is 2.61. The molecule has 6 heteroatoms. The Bertz CT molecular complexity index is 873. The van der Waals surface area contributed by atoms with Crippen molar-refractivity contribution in [3.05, 3.63) is 71.8 Å². The van der Waals surface area contributed by atoms with Crippen LogP contribution in [0.1, 0.15) is 35.7 Å². The van der Waals surface area contributed by atoms with Crippen LogP contribution >= 0.6 is 0 Å². The molecule has 2 aliphatic rings. The summed E-state index contributed by atoms with van der Waals surface area (Å²) in [6.45, 7) is 8.06. The van der Waals surface area contributed by atoms with Gasteiger partial charge in [-0.05, 0) is 37.5 Å². The Morgan fingerprint density at radius 2 is 1.47 bits per heavy atom. The van der Waals surface area contributed by atoms with Crippen LogP contribution < -0.4 is 5.32 Å². The van der Waals surface area contributed by atoms with E-state index in [4.69, 9.17) is 0 Å².